The van der Waals surface area contributed by atoms with E-state index in [0.29, 0.717) is 0 Å². The van der Waals surface area contributed by atoms with E-state index in [-0.39, 0.29) is 6.10 Å². The molecule has 0 bridgehead atoms. The van der Waals surface area contributed by atoms with Crippen LogP contribution in [0, 0.1) is 0 Å². The standard InChI is InChI=1S/C13H22N2O/c1-3-5-13(16)11-15(4-2)10-12-6-8-14-9-7-12/h6-9,13,16H,3-5,10-11H2,1-2H3. The third kappa shape index (κ3) is 4.73. The van der Waals surface area contributed by atoms with E-state index in [4.69, 9.17) is 0 Å². The molecule has 0 amide bonds. The molecule has 3 nitrogen and oxygen atoms in total. The van der Waals surface area contributed by atoms with Gasteiger partial charge in [0.1, 0.15) is 0 Å². The first-order valence-corrected chi connectivity index (χ1v) is 6.05. The summed E-state index contributed by atoms with van der Waals surface area (Å²) >= 11 is 0. The number of nitrogens with zero attached hydrogens (tertiary/aromatic N) is 2. The van der Waals surface area contributed by atoms with Crippen molar-refractivity contribution in [3.05, 3.63) is 30.1 Å². The van der Waals surface area contributed by atoms with Gasteiger partial charge in [0.05, 0.1) is 6.10 Å². The smallest absolute Gasteiger partial charge is 0.0667 e. The predicted molar refractivity (Wildman–Crippen MR) is 66.1 cm³/mol. The molecule has 1 aromatic rings. The van der Waals surface area contributed by atoms with Crippen LogP contribution in [-0.2, 0) is 6.54 Å². The molecule has 16 heavy (non-hydrogen) atoms. The number of rotatable bonds is 7. The largest absolute Gasteiger partial charge is 0.392 e. The van der Waals surface area contributed by atoms with E-state index >= 15 is 0 Å². The zero-order chi connectivity index (χ0) is 11.8. The fourth-order valence-corrected chi connectivity index (χ4v) is 1.77. The molecule has 1 N–H and O–H groups in total. The maximum atomic E-state index is 9.77. The lowest BCUT2D eigenvalue weighted by Gasteiger charge is -2.23. The molecule has 0 saturated heterocycles. The highest BCUT2D eigenvalue weighted by atomic mass is 16.3. The second-order valence-corrected chi connectivity index (χ2v) is 4.13. The van der Waals surface area contributed by atoms with Crippen molar-refractivity contribution < 1.29 is 5.11 Å². The molecule has 1 aromatic heterocycles. The van der Waals surface area contributed by atoms with Gasteiger partial charge in [-0.25, -0.2) is 0 Å². The molecule has 0 aromatic carbocycles. The topological polar surface area (TPSA) is 36.4 Å². The SMILES string of the molecule is CCCC(O)CN(CC)Cc1ccncc1. The summed E-state index contributed by atoms with van der Waals surface area (Å²) < 4.78 is 0. The summed E-state index contributed by atoms with van der Waals surface area (Å²) in [4.78, 5) is 6.26. The molecule has 1 rings (SSSR count). The zero-order valence-electron chi connectivity index (χ0n) is 10.3. The van der Waals surface area contributed by atoms with E-state index < -0.39 is 0 Å². The van der Waals surface area contributed by atoms with Crippen LogP contribution in [0.5, 0.6) is 0 Å². The molecule has 0 spiro atoms. The molecule has 1 atom stereocenters. The van der Waals surface area contributed by atoms with Crippen LogP contribution in [0.25, 0.3) is 0 Å². The third-order valence-corrected chi connectivity index (χ3v) is 2.69. The Labute approximate surface area is 98.1 Å². The predicted octanol–water partition coefficient (Wildman–Crippen LogP) is 2.06. The Kier molecular flexibility index (Phi) is 6.04. The molecule has 0 aliphatic heterocycles. The average Bonchev–Trinajstić information content (AvgIpc) is 2.30. The minimum atomic E-state index is -0.202. The van der Waals surface area contributed by atoms with Gasteiger partial charge in [0.2, 0.25) is 0 Å². The van der Waals surface area contributed by atoms with Crippen LogP contribution in [0.2, 0.25) is 0 Å². The van der Waals surface area contributed by atoms with E-state index in [1.165, 1.54) is 5.56 Å². The first-order chi connectivity index (χ1) is 7.76. The van der Waals surface area contributed by atoms with Gasteiger partial charge in [-0.2, -0.15) is 0 Å². The van der Waals surface area contributed by atoms with Crippen molar-refractivity contribution in [2.24, 2.45) is 0 Å². The van der Waals surface area contributed by atoms with E-state index in [1.807, 2.05) is 24.5 Å². The Morgan fingerprint density at radius 2 is 2.00 bits per heavy atom. The summed E-state index contributed by atoms with van der Waals surface area (Å²) in [7, 11) is 0. The molecule has 1 heterocycles. The molecule has 0 aliphatic rings. The lowest BCUT2D eigenvalue weighted by molar-refractivity contribution is 0.104. The van der Waals surface area contributed by atoms with Crippen LogP contribution >= 0.6 is 0 Å². The molecule has 90 valence electrons. The van der Waals surface area contributed by atoms with Gasteiger partial charge in [-0.15, -0.1) is 0 Å². The maximum absolute atomic E-state index is 9.77. The number of aliphatic hydroxyl groups is 1. The fourth-order valence-electron chi connectivity index (χ4n) is 1.77. The van der Waals surface area contributed by atoms with E-state index in [0.717, 1.165) is 32.5 Å². The van der Waals surface area contributed by atoms with Crippen molar-refractivity contribution in [3.63, 3.8) is 0 Å². The normalized spacial score (nSPS) is 13.0. The molecule has 0 aliphatic carbocycles. The fraction of sp³-hybridized carbons (Fsp3) is 0.615. The second-order valence-electron chi connectivity index (χ2n) is 4.13. The van der Waals surface area contributed by atoms with Crippen LogP contribution in [0.3, 0.4) is 0 Å². The van der Waals surface area contributed by atoms with Gasteiger partial charge in [0.25, 0.3) is 0 Å². The summed E-state index contributed by atoms with van der Waals surface area (Å²) in [6.07, 6.45) is 5.34. The molecule has 0 radical (unpaired) electrons. The Morgan fingerprint density at radius 3 is 2.56 bits per heavy atom. The van der Waals surface area contributed by atoms with Crippen molar-refractivity contribution in [2.45, 2.75) is 39.3 Å². The lowest BCUT2D eigenvalue weighted by Crippen LogP contribution is -2.31. The number of pyridine rings is 1. The molecule has 3 heteroatoms. The van der Waals surface area contributed by atoms with E-state index in [2.05, 4.69) is 23.7 Å². The summed E-state index contributed by atoms with van der Waals surface area (Å²) in [5, 5.41) is 9.77. The van der Waals surface area contributed by atoms with Gasteiger partial charge < -0.3 is 5.11 Å². The molecule has 1 unspecified atom stereocenters. The molecular weight excluding hydrogens is 200 g/mol. The Balaban J connectivity index is 2.43. The van der Waals surface area contributed by atoms with Crippen molar-refractivity contribution in [1.29, 1.82) is 0 Å². The first kappa shape index (κ1) is 13.1. The van der Waals surface area contributed by atoms with E-state index in [1.54, 1.807) is 0 Å². The first-order valence-electron chi connectivity index (χ1n) is 6.05. The number of hydrogen-bond acceptors (Lipinski definition) is 3. The summed E-state index contributed by atoms with van der Waals surface area (Å²) in [5.41, 5.74) is 1.25. The van der Waals surface area contributed by atoms with Crippen LogP contribution in [0.1, 0.15) is 32.3 Å². The Morgan fingerprint density at radius 1 is 1.31 bits per heavy atom. The third-order valence-electron chi connectivity index (χ3n) is 2.69. The quantitative estimate of drug-likeness (QED) is 0.767. The van der Waals surface area contributed by atoms with Crippen molar-refractivity contribution in [2.75, 3.05) is 13.1 Å². The van der Waals surface area contributed by atoms with Crippen LogP contribution in [-0.4, -0.2) is 34.2 Å². The zero-order valence-corrected chi connectivity index (χ0v) is 10.3. The van der Waals surface area contributed by atoms with Gasteiger partial charge >= 0.3 is 0 Å². The van der Waals surface area contributed by atoms with Gasteiger partial charge in [-0.3, -0.25) is 9.88 Å². The van der Waals surface area contributed by atoms with Gasteiger partial charge in [-0.05, 0) is 30.7 Å². The van der Waals surface area contributed by atoms with Gasteiger partial charge in [0.15, 0.2) is 0 Å². The molecule has 0 fully saturated rings. The monoisotopic (exact) mass is 222 g/mol. The van der Waals surface area contributed by atoms with E-state index in [9.17, 15) is 5.11 Å². The highest BCUT2D eigenvalue weighted by molar-refractivity contribution is 5.09. The lowest BCUT2D eigenvalue weighted by atomic mass is 10.2. The minimum absolute atomic E-state index is 0.202. The maximum Gasteiger partial charge on any atom is 0.0667 e. The Hall–Kier alpha value is -0.930. The number of hydrogen-bond donors (Lipinski definition) is 1. The average molecular weight is 222 g/mol. The van der Waals surface area contributed by atoms with Crippen molar-refractivity contribution in [3.8, 4) is 0 Å². The summed E-state index contributed by atoms with van der Waals surface area (Å²) in [5.74, 6) is 0. The summed E-state index contributed by atoms with van der Waals surface area (Å²) in [6.45, 7) is 6.83. The minimum Gasteiger partial charge on any atom is -0.392 e. The molecule has 0 saturated carbocycles. The van der Waals surface area contributed by atoms with Crippen LogP contribution in [0.15, 0.2) is 24.5 Å². The number of aromatic nitrogens is 1. The van der Waals surface area contributed by atoms with Crippen LogP contribution in [0.4, 0.5) is 0 Å². The number of aliphatic hydroxyl groups excluding tert-OH is 1. The second kappa shape index (κ2) is 7.36. The van der Waals surface area contributed by atoms with Crippen molar-refractivity contribution >= 4 is 0 Å². The highest BCUT2D eigenvalue weighted by Gasteiger charge is 2.09. The van der Waals surface area contributed by atoms with Gasteiger partial charge in [0, 0.05) is 25.5 Å². The molecular formula is C13H22N2O. The van der Waals surface area contributed by atoms with Crippen LogP contribution < -0.4 is 0 Å². The van der Waals surface area contributed by atoms with Crippen molar-refractivity contribution in [1.82, 2.24) is 9.88 Å². The number of likely N-dealkylation sites (N-methyl/N-ethyl adjacent to an activating group) is 1. The highest BCUT2D eigenvalue weighted by Crippen LogP contribution is 2.06. The Bertz CT molecular complexity index is 277. The summed E-state index contributed by atoms with van der Waals surface area (Å²) in [6, 6.07) is 4.05. The van der Waals surface area contributed by atoms with Gasteiger partial charge in [-0.1, -0.05) is 20.3 Å².